The van der Waals surface area contributed by atoms with Crippen molar-refractivity contribution in [1.82, 2.24) is 5.32 Å². The quantitative estimate of drug-likeness (QED) is 0.720. The highest BCUT2D eigenvalue weighted by Crippen LogP contribution is 2.28. The van der Waals surface area contributed by atoms with Crippen LogP contribution in [0, 0.1) is 13.8 Å². The SMILES string of the molecule is Cc1cc(Br)cc(C)c1OC(C)C(=O)NCc1ccc(S(N)(=O)=O)cc1. The Labute approximate surface area is 161 Å². The maximum absolute atomic E-state index is 12.3. The number of amides is 1. The molecule has 0 aliphatic carbocycles. The number of primary sulfonamides is 1. The predicted octanol–water partition coefficient (Wildman–Crippen LogP) is 2.80. The molecule has 2 aromatic carbocycles. The molecule has 0 bridgehead atoms. The van der Waals surface area contributed by atoms with Crippen LogP contribution in [-0.4, -0.2) is 20.4 Å². The third kappa shape index (κ3) is 5.30. The molecule has 1 unspecified atom stereocenters. The van der Waals surface area contributed by atoms with E-state index in [-0.39, 0.29) is 17.3 Å². The second-order valence-corrected chi connectivity index (χ2v) is 8.51. The van der Waals surface area contributed by atoms with Gasteiger partial charge in [0.2, 0.25) is 10.0 Å². The van der Waals surface area contributed by atoms with Crippen molar-refractivity contribution in [2.45, 2.75) is 38.3 Å². The van der Waals surface area contributed by atoms with E-state index in [1.807, 2.05) is 26.0 Å². The zero-order valence-electron chi connectivity index (χ0n) is 14.7. The highest BCUT2D eigenvalue weighted by molar-refractivity contribution is 9.10. The van der Waals surface area contributed by atoms with Gasteiger partial charge in [-0.2, -0.15) is 0 Å². The molecule has 0 spiro atoms. The van der Waals surface area contributed by atoms with E-state index < -0.39 is 16.1 Å². The predicted molar refractivity (Wildman–Crippen MR) is 103 cm³/mol. The fourth-order valence-corrected chi connectivity index (χ4v) is 3.65. The zero-order chi connectivity index (χ0) is 19.5. The Bertz CT molecular complexity index is 888. The van der Waals surface area contributed by atoms with Crippen molar-refractivity contribution >= 4 is 31.9 Å². The number of halogens is 1. The van der Waals surface area contributed by atoms with Gasteiger partial charge in [-0.1, -0.05) is 28.1 Å². The van der Waals surface area contributed by atoms with Gasteiger partial charge in [0.05, 0.1) is 4.90 Å². The minimum Gasteiger partial charge on any atom is -0.480 e. The number of nitrogens with one attached hydrogen (secondary N) is 1. The van der Waals surface area contributed by atoms with E-state index in [9.17, 15) is 13.2 Å². The lowest BCUT2D eigenvalue weighted by Crippen LogP contribution is -2.36. The molecule has 0 aromatic heterocycles. The molecule has 1 atom stereocenters. The first kappa shape index (κ1) is 20.4. The summed E-state index contributed by atoms with van der Waals surface area (Å²) in [6, 6.07) is 9.89. The Hall–Kier alpha value is -1.90. The molecule has 1 amide bonds. The monoisotopic (exact) mass is 440 g/mol. The fraction of sp³-hybridized carbons (Fsp3) is 0.278. The van der Waals surface area contributed by atoms with Gasteiger partial charge in [0.15, 0.2) is 6.10 Å². The summed E-state index contributed by atoms with van der Waals surface area (Å²) in [4.78, 5) is 12.3. The number of sulfonamides is 1. The summed E-state index contributed by atoms with van der Waals surface area (Å²) < 4.78 is 29.2. The summed E-state index contributed by atoms with van der Waals surface area (Å²) >= 11 is 3.43. The molecule has 2 aromatic rings. The van der Waals surface area contributed by atoms with Crippen LogP contribution in [0.1, 0.15) is 23.6 Å². The summed E-state index contributed by atoms with van der Waals surface area (Å²) in [5, 5.41) is 7.83. The van der Waals surface area contributed by atoms with Crippen molar-refractivity contribution in [3.05, 3.63) is 57.6 Å². The molecule has 0 saturated heterocycles. The summed E-state index contributed by atoms with van der Waals surface area (Å²) in [5.41, 5.74) is 2.64. The van der Waals surface area contributed by atoms with Crippen LogP contribution < -0.4 is 15.2 Å². The van der Waals surface area contributed by atoms with Crippen molar-refractivity contribution < 1.29 is 17.9 Å². The molecule has 26 heavy (non-hydrogen) atoms. The number of aryl methyl sites for hydroxylation is 2. The third-order valence-corrected chi connectivity index (χ3v) is 5.19. The van der Waals surface area contributed by atoms with Crippen molar-refractivity contribution in [3.8, 4) is 5.75 Å². The van der Waals surface area contributed by atoms with Crippen molar-refractivity contribution in [3.63, 3.8) is 0 Å². The first-order valence-electron chi connectivity index (χ1n) is 7.91. The number of benzene rings is 2. The third-order valence-electron chi connectivity index (χ3n) is 3.81. The molecule has 0 fully saturated rings. The minimum absolute atomic E-state index is 0.0328. The van der Waals surface area contributed by atoms with Gasteiger partial charge in [-0.25, -0.2) is 13.6 Å². The Morgan fingerprint density at radius 1 is 1.19 bits per heavy atom. The zero-order valence-corrected chi connectivity index (χ0v) is 17.1. The van der Waals surface area contributed by atoms with Crippen LogP contribution in [-0.2, 0) is 21.4 Å². The molecular weight excluding hydrogens is 420 g/mol. The van der Waals surface area contributed by atoms with Crippen LogP contribution in [0.25, 0.3) is 0 Å². The van der Waals surface area contributed by atoms with Gasteiger partial charge in [-0.05, 0) is 61.7 Å². The maximum atomic E-state index is 12.3. The molecule has 0 aliphatic heterocycles. The second kappa shape index (κ2) is 8.20. The van der Waals surface area contributed by atoms with Crippen LogP contribution >= 0.6 is 15.9 Å². The van der Waals surface area contributed by atoms with Crippen LogP contribution in [0.5, 0.6) is 5.75 Å². The molecule has 6 nitrogen and oxygen atoms in total. The summed E-state index contributed by atoms with van der Waals surface area (Å²) in [6.07, 6.45) is -0.669. The Balaban J connectivity index is 1.97. The van der Waals surface area contributed by atoms with Crippen LogP contribution in [0.4, 0.5) is 0 Å². The molecule has 3 N–H and O–H groups in total. The lowest BCUT2D eigenvalue weighted by Gasteiger charge is -2.18. The topological polar surface area (TPSA) is 98.5 Å². The molecule has 0 heterocycles. The van der Waals surface area contributed by atoms with E-state index in [2.05, 4.69) is 21.2 Å². The van der Waals surface area contributed by atoms with Crippen LogP contribution in [0.2, 0.25) is 0 Å². The first-order valence-corrected chi connectivity index (χ1v) is 10.2. The number of hydrogen-bond acceptors (Lipinski definition) is 4. The number of ether oxygens (including phenoxy) is 1. The molecule has 0 radical (unpaired) electrons. The van der Waals surface area contributed by atoms with Gasteiger partial charge in [-0.15, -0.1) is 0 Å². The molecular formula is C18H21BrN2O4S. The van der Waals surface area contributed by atoms with E-state index in [0.717, 1.165) is 21.2 Å². The van der Waals surface area contributed by atoms with Crippen LogP contribution in [0.3, 0.4) is 0 Å². The molecule has 8 heteroatoms. The average Bonchev–Trinajstić information content (AvgIpc) is 2.55. The molecule has 0 saturated carbocycles. The minimum atomic E-state index is -3.72. The van der Waals surface area contributed by atoms with Crippen LogP contribution in [0.15, 0.2) is 45.8 Å². The molecule has 2 rings (SSSR count). The fourth-order valence-electron chi connectivity index (χ4n) is 2.44. The van der Waals surface area contributed by atoms with Crippen molar-refractivity contribution in [2.75, 3.05) is 0 Å². The van der Waals surface area contributed by atoms with E-state index >= 15 is 0 Å². The van der Waals surface area contributed by atoms with E-state index in [0.29, 0.717) is 5.75 Å². The van der Waals surface area contributed by atoms with Crippen molar-refractivity contribution in [1.29, 1.82) is 0 Å². The number of rotatable bonds is 6. The van der Waals surface area contributed by atoms with Gasteiger partial charge in [0.1, 0.15) is 5.75 Å². The first-order chi connectivity index (χ1) is 12.1. The lowest BCUT2D eigenvalue weighted by atomic mass is 10.1. The number of nitrogens with two attached hydrogens (primary N) is 1. The Morgan fingerprint density at radius 2 is 1.73 bits per heavy atom. The van der Waals surface area contributed by atoms with E-state index in [1.54, 1.807) is 19.1 Å². The largest absolute Gasteiger partial charge is 0.480 e. The number of carbonyl (C=O) groups excluding carboxylic acids is 1. The standard InChI is InChI=1S/C18H21BrN2O4S/c1-11-8-15(19)9-12(2)17(11)25-13(3)18(22)21-10-14-4-6-16(7-5-14)26(20,23)24/h4-9,13H,10H2,1-3H3,(H,21,22)(H2,20,23,24). The van der Waals surface area contributed by atoms with Gasteiger partial charge < -0.3 is 10.1 Å². The van der Waals surface area contributed by atoms with Gasteiger partial charge in [0.25, 0.3) is 5.91 Å². The normalized spacial score (nSPS) is 12.5. The summed E-state index contributed by atoms with van der Waals surface area (Å²) in [5.74, 6) is 0.426. The van der Waals surface area contributed by atoms with Gasteiger partial charge in [-0.3, -0.25) is 4.79 Å². The van der Waals surface area contributed by atoms with Crippen molar-refractivity contribution in [2.24, 2.45) is 5.14 Å². The highest BCUT2D eigenvalue weighted by Gasteiger charge is 2.17. The van der Waals surface area contributed by atoms with Gasteiger partial charge >= 0.3 is 0 Å². The van der Waals surface area contributed by atoms with E-state index in [4.69, 9.17) is 9.88 Å². The number of carbonyl (C=O) groups is 1. The average molecular weight is 441 g/mol. The van der Waals surface area contributed by atoms with Gasteiger partial charge in [0, 0.05) is 11.0 Å². The lowest BCUT2D eigenvalue weighted by molar-refractivity contribution is -0.127. The number of hydrogen-bond donors (Lipinski definition) is 2. The summed E-state index contributed by atoms with van der Waals surface area (Å²) in [6.45, 7) is 5.78. The maximum Gasteiger partial charge on any atom is 0.261 e. The Morgan fingerprint density at radius 3 is 2.23 bits per heavy atom. The molecule has 0 aliphatic rings. The second-order valence-electron chi connectivity index (χ2n) is 6.04. The smallest absolute Gasteiger partial charge is 0.261 e. The Kier molecular flexibility index (Phi) is 6.44. The summed E-state index contributed by atoms with van der Waals surface area (Å²) in [7, 11) is -3.72. The molecule has 140 valence electrons. The van der Waals surface area contributed by atoms with E-state index in [1.165, 1.54) is 12.1 Å². The highest BCUT2D eigenvalue weighted by atomic mass is 79.9.